The maximum atomic E-state index is 12.1. The zero-order chi connectivity index (χ0) is 21.2. The van der Waals surface area contributed by atoms with Crippen molar-refractivity contribution in [3.63, 3.8) is 0 Å². The number of nitrogens with zero attached hydrogens (tertiary/aromatic N) is 1. The molecule has 1 aromatic heterocycles. The van der Waals surface area contributed by atoms with Gasteiger partial charge in [-0.2, -0.15) is 0 Å². The molecule has 4 nitrogen and oxygen atoms in total. The first-order valence-corrected chi connectivity index (χ1v) is 12.0. The number of hydrogen-bond donors (Lipinski definition) is 1. The van der Waals surface area contributed by atoms with Gasteiger partial charge in [0.15, 0.2) is 0 Å². The molecule has 1 fully saturated rings. The number of unbranched alkanes of at least 4 members (excludes halogenated alkanes) is 1. The number of amides is 1. The number of benzene rings is 1. The molecule has 1 aliphatic rings. The highest BCUT2D eigenvalue weighted by molar-refractivity contribution is 5.75. The number of carbonyl (C=O) groups is 1. The highest BCUT2D eigenvalue weighted by atomic mass is 16.4. The molecule has 0 unspecified atom stereocenters. The lowest BCUT2D eigenvalue weighted by Gasteiger charge is -2.21. The van der Waals surface area contributed by atoms with Gasteiger partial charge >= 0.3 is 0 Å². The Hall–Kier alpha value is -2.10. The quantitative estimate of drug-likeness (QED) is 0.436. The van der Waals surface area contributed by atoms with Gasteiger partial charge in [-0.05, 0) is 56.2 Å². The molecule has 1 aromatic carbocycles. The topological polar surface area (TPSA) is 55.1 Å². The van der Waals surface area contributed by atoms with Gasteiger partial charge in [0.05, 0.1) is 5.69 Å². The van der Waals surface area contributed by atoms with E-state index in [1.165, 1.54) is 50.5 Å². The van der Waals surface area contributed by atoms with Gasteiger partial charge in [0, 0.05) is 18.5 Å². The number of aromatic nitrogens is 1. The van der Waals surface area contributed by atoms with Gasteiger partial charge in [-0.25, -0.2) is 4.98 Å². The van der Waals surface area contributed by atoms with Gasteiger partial charge < -0.3 is 9.73 Å². The Morgan fingerprint density at radius 1 is 1.10 bits per heavy atom. The summed E-state index contributed by atoms with van der Waals surface area (Å²) in [6.07, 6.45) is 13.9. The molecule has 0 spiro atoms. The molecule has 0 atom stereocenters. The van der Waals surface area contributed by atoms with Crippen molar-refractivity contribution in [3.8, 4) is 11.5 Å². The third-order valence-corrected chi connectivity index (χ3v) is 6.41. The van der Waals surface area contributed by atoms with Gasteiger partial charge in [0.1, 0.15) is 5.76 Å². The third-order valence-electron chi connectivity index (χ3n) is 6.41. The normalized spacial score (nSPS) is 14.7. The molecule has 2 aromatic rings. The van der Waals surface area contributed by atoms with Crippen molar-refractivity contribution in [3.05, 3.63) is 41.3 Å². The van der Waals surface area contributed by atoms with Crippen LogP contribution < -0.4 is 5.32 Å². The molecule has 0 aliphatic heterocycles. The van der Waals surface area contributed by atoms with Crippen LogP contribution in [-0.2, 0) is 17.6 Å². The van der Waals surface area contributed by atoms with Crippen LogP contribution in [0.25, 0.3) is 11.5 Å². The van der Waals surface area contributed by atoms with Gasteiger partial charge in [0.25, 0.3) is 0 Å². The van der Waals surface area contributed by atoms with Gasteiger partial charge in [-0.15, -0.1) is 0 Å². The zero-order valence-corrected chi connectivity index (χ0v) is 18.8. The summed E-state index contributed by atoms with van der Waals surface area (Å²) in [7, 11) is 0. The molecular weight excluding hydrogens is 372 g/mol. The average molecular weight is 411 g/mol. The van der Waals surface area contributed by atoms with Crippen LogP contribution in [0.3, 0.4) is 0 Å². The Bertz CT molecular complexity index is 773. The van der Waals surface area contributed by atoms with Gasteiger partial charge in [-0.3, -0.25) is 4.79 Å². The first kappa shape index (κ1) is 22.6. The second-order valence-electron chi connectivity index (χ2n) is 8.78. The van der Waals surface area contributed by atoms with Crippen LogP contribution in [0, 0.1) is 12.8 Å². The van der Waals surface area contributed by atoms with E-state index in [1.54, 1.807) is 0 Å². The van der Waals surface area contributed by atoms with E-state index in [-0.39, 0.29) is 5.91 Å². The lowest BCUT2D eigenvalue weighted by Crippen LogP contribution is -2.24. The fourth-order valence-electron chi connectivity index (χ4n) is 4.43. The summed E-state index contributed by atoms with van der Waals surface area (Å²) in [6.45, 7) is 4.92. The van der Waals surface area contributed by atoms with Crippen molar-refractivity contribution >= 4 is 5.91 Å². The van der Waals surface area contributed by atoms with Crippen LogP contribution >= 0.6 is 0 Å². The Morgan fingerprint density at radius 2 is 1.87 bits per heavy atom. The van der Waals surface area contributed by atoms with Gasteiger partial charge in [-0.1, -0.05) is 64.0 Å². The molecule has 0 radical (unpaired) electrons. The largest absolute Gasteiger partial charge is 0.441 e. The molecule has 1 amide bonds. The maximum absolute atomic E-state index is 12.1. The summed E-state index contributed by atoms with van der Waals surface area (Å²) in [6, 6.07) is 8.37. The second kappa shape index (κ2) is 11.9. The predicted octanol–water partition coefficient (Wildman–Crippen LogP) is 6.40. The van der Waals surface area contributed by atoms with Crippen molar-refractivity contribution in [1.29, 1.82) is 0 Å². The minimum absolute atomic E-state index is 0.157. The number of oxazole rings is 1. The van der Waals surface area contributed by atoms with Crippen LogP contribution in [-0.4, -0.2) is 17.4 Å². The maximum Gasteiger partial charge on any atom is 0.226 e. The fraction of sp³-hybridized carbons (Fsp3) is 0.615. The number of carbonyl (C=O) groups excluding carboxylic acids is 1. The molecule has 1 heterocycles. The van der Waals surface area contributed by atoms with Crippen LogP contribution in [0.5, 0.6) is 0 Å². The van der Waals surface area contributed by atoms with E-state index in [0.717, 1.165) is 55.2 Å². The number of rotatable bonds is 11. The van der Waals surface area contributed by atoms with Crippen LogP contribution in [0.1, 0.15) is 88.1 Å². The van der Waals surface area contributed by atoms with Crippen molar-refractivity contribution in [2.24, 2.45) is 5.92 Å². The summed E-state index contributed by atoms with van der Waals surface area (Å²) in [5, 5.41) is 3.08. The minimum atomic E-state index is 0.157. The van der Waals surface area contributed by atoms with Gasteiger partial charge in [0.2, 0.25) is 11.8 Å². The molecule has 30 heavy (non-hydrogen) atoms. The van der Waals surface area contributed by atoms with Crippen LogP contribution in [0.2, 0.25) is 0 Å². The minimum Gasteiger partial charge on any atom is -0.441 e. The summed E-state index contributed by atoms with van der Waals surface area (Å²) >= 11 is 0. The lowest BCUT2D eigenvalue weighted by atomic mass is 9.86. The highest BCUT2D eigenvalue weighted by Gasteiger charge is 2.13. The van der Waals surface area contributed by atoms with E-state index in [4.69, 9.17) is 4.42 Å². The summed E-state index contributed by atoms with van der Waals surface area (Å²) < 4.78 is 5.86. The number of nitrogens with one attached hydrogen (secondary N) is 1. The predicted molar refractivity (Wildman–Crippen MR) is 122 cm³/mol. The molecule has 4 heteroatoms. The van der Waals surface area contributed by atoms with E-state index in [1.807, 2.05) is 6.92 Å². The Balaban J connectivity index is 1.32. The second-order valence-corrected chi connectivity index (χ2v) is 8.78. The number of hydrogen-bond acceptors (Lipinski definition) is 3. The Kier molecular flexibility index (Phi) is 8.98. The van der Waals surface area contributed by atoms with Crippen LogP contribution in [0.4, 0.5) is 0 Å². The van der Waals surface area contributed by atoms with E-state index in [0.29, 0.717) is 12.3 Å². The van der Waals surface area contributed by atoms with E-state index in [9.17, 15) is 4.79 Å². The van der Waals surface area contributed by atoms with E-state index < -0.39 is 0 Å². The standard InChI is InChI=1S/C26H38N2O2/c1-3-21-15-17-23(18-16-21)26-28-24(20(2)30-26)13-9-14-25(29)27-19-8-7-12-22-10-5-4-6-11-22/h15-18,22H,3-14,19H2,1-2H3,(H,27,29). The molecule has 0 bridgehead atoms. The molecular formula is C26H38N2O2. The smallest absolute Gasteiger partial charge is 0.226 e. The monoisotopic (exact) mass is 410 g/mol. The summed E-state index contributed by atoms with van der Waals surface area (Å²) in [5.41, 5.74) is 3.28. The third kappa shape index (κ3) is 7.00. The lowest BCUT2D eigenvalue weighted by molar-refractivity contribution is -0.121. The highest BCUT2D eigenvalue weighted by Crippen LogP contribution is 2.27. The van der Waals surface area contributed by atoms with E-state index >= 15 is 0 Å². The molecule has 164 valence electrons. The molecule has 1 saturated carbocycles. The zero-order valence-electron chi connectivity index (χ0n) is 18.8. The first-order chi connectivity index (χ1) is 14.7. The molecule has 1 aliphatic carbocycles. The molecule has 3 rings (SSSR count). The fourth-order valence-corrected chi connectivity index (χ4v) is 4.43. The van der Waals surface area contributed by atoms with Crippen molar-refractivity contribution in [2.45, 2.75) is 90.9 Å². The number of aryl methyl sites for hydroxylation is 3. The molecule has 1 N–H and O–H groups in total. The average Bonchev–Trinajstić information content (AvgIpc) is 3.15. The summed E-state index contributed by atoms with van der Waals surface area (Å²) in [4.78, 5) is 16.8. The Labute approximate surface area is 181 Å². The Morgan fingerprint density at radius 3 is 2.60 bits per heavy atom. The molecule has 0 saturated heterocycles. The van der Waals surface area contributed by atoms with Crippen molar-refractivity contribution in [1.82, 2.24) is 10.3 Å². The van der Waals surface area contributed by atoms with Crippen molar-refractivity contribution < 1.29 is 9.21 Å². The summed E-state index contributed by atoms with van der Waals surface area (Å²) in [5.74, 6) is 2.62. The van der Waals surface area contributed by atoms with Crippen molar-refractivity contribution in [2.75, 3.05) is 6.54 Å². The van der Waals surface area contributed by atoms with Crippen LogP contribution in [0.15, 0.2) is 28.7 Å². The SMILES string of the molecule is CCc1ccc(-c2nc(CCCC(=O)NCCCCC3CCCCC3)c(C)o2)cc1. The first-order valence-electron chi connectivity index (χ1n) is 12.0. The van der Waals surface area contributed by atoms with E-state index in [2.05, 4.69) is 41.5 Å².